The first kappa shape index (κ1) is 22.8. The van der Waals surface area contributed by atoms with E-state index in [9.17, 15) is 4.79 Å². The highest BCUT2D eigenvalue weighted by atomic mass is 16.1. The lowest BCUT2D eigenvalue weighted by molar-refractivity contribution is 0.0972. The predicted molar refractivity (Wildman–Crippen MR) is 147 cm³/mol. The van der Waals surface area contributed by atoms with Crippen LogP contribution < -0.4 is 10.2 Å². The molecule has 1 aliphatic heterocycles. The number of anilines is 3. The van der Waals surface area contributed by atoms with Gasteiger partial charge in [0.2, 0.25) is 0 Å². The van der Waals surface area contributed by atoms with Gasteiger partial charge >= 0.3 is 0 Å². The third kappa shape index (κ3) is 4.26. The molecule has 2 aromatic heterocycles. The van der Waals surface area contributed by atoms with E-state index in [1.165, 1.54) is 5.69 Å². The summed E-state index contributed by atoms with van der Waals surface area (Å²) in [6.45, 7) is 8.91. The Balaban J connectivity index is 1.22. The Labute approximate surface area is 212 Å². The van der Waals surface area contributed by atoms with Gasteiger partial charge in [-0.25, -0.2) is 4.98 Å². The molecule has 0 bridgehead atoms. The monoisotopic (exact) mass is 479 g/mol. The first-order chi connectivity index (χ1) is 17.6. The summed E-state index contributed by atoms with van der Waals surface area (Å²) in [6, 6.07) is 19.8. The molecule has 184 valence electrons. The number of carbonyl (C=O) groups excluding carboxylic acids is 1. The van der Waals surface area contributed by atoms with Crippen molar-refractivity contribution in [2.45, 2.75) is 39.2 Å². The fraction of sp³-hybridized carbons (Fsp3) is 0.333. The fourth-order valence-electron chi connectivity index (χ4n) is 5.56. The van der Waals surface area contributed by atoms with Crippen LogP contribution in [0.3, 0.4) is 0 Å². The van der Waals surface area contributed by atoms with Crippen LogP contribution in [0.2, 0.25) is 0 Å². The van der Waals surface area contributed by atoms with Gasteiger partial charge < -0.3 is 10.2 Å². The highest BCUT2D eigenvalue weighted by Crippen LogP contribution is 2.31. The average Bonchev–Trinajstić information content (AvgIpc) is 3.40. The molecule has 2 aromatic carbocycles. The predicted octanol–water partition coefficient (Wildman–Crippen LogP) is 5.79. The maximum atomic E-state index is 12.2. The molecular weight excluding hydrogens is 446 g/mol. The summed E-state index contributed by atoms with van der Waals surface area (Å²) in [5, 5.41) is 3.56. The first-order valence-corrected chi connectivity index (χ1v) is 13.1. The Kier molecular flexibility index (Phi) is 5.97. The Bertz CT molecular complexity index is 1400. The van der Waals surface area contributed by atoms with E-state index in [4.69, 9.17) is 0 Å². The molecule has 0 spiro atoms. The van der Waals surface area contributed by atoms with Crippen molar-refractivity contribution in [1.82, 2.24) is 14.3 Å². The van der Waals surface area contributed by atoms with E-state index in [-0.39, 0.29) is 5.78 Å². The largest absolute Gasteiger partial charge is 0.369 e. The number of Topliss-reactive ketones (excluding diaryl/α,β-unsaturated/α-hetero) is 1. The van der Waals surface area contributed by atoms with Crippen molar-refractivity contribution in [3.63, 3.8) is 0 Å². The molecule has 1 aliphatic carbocycles. The topological polar surface area (TPSA) is 52.9 Å². The maximum absolute atomic E-state index is 12.2. The molecule has 1 fully saturated rings. The molecule has 1 saturated heterocycles. The molecule has 0 amide bonds. The van der Waals surface area contributed by atoms with Crippen LogP contribution in [0, 0.1) is 0 Å². The van der Waals surface area contributed by atoms with E-state index in [2.05, 4.69) is 86.9 Å². The summed E-state index contributed by atoms with van der Waals surface area (Å²) in [5.41, 5.74) is 8.40. The molecule has 6 rings (SSSR count). The van der Waals surface area contributed by atoms with Crippen LogP contribution >= 0.6 is 0 Å². The fourth-order valence-corrected chi connectivity index (χ4v) is 5.56. The van der Waals surface area contributed by atoms with Crippen LogP contribution in [0.5, 0.6) is 0 Å². The number of nitrogens with zero attached hydrogens (tertiary/aromatic N) is 4. The molecule has 6 heteroatoms. The third-order valence-electron chi connectivity index (χ3n) is 7.66. The van der Waals surface area contributed by atoms with Gasteiger partial charge in [-0.2, -0.15) is 0 Å². The van der Waals surface area contributed by atoms with Gasteiger partial charge in [0, 0.05) is 68.0 Å². The molecule has 6 nitrogen and oxygen atoms in total. The van der Waals surface area contributed by atoms with Crippen molar-refractivity contribution in [3.05, 3.63) is 78.1 Å². The molecule has 4 aromatic rings. The number of hydrogen-bond donors (Lipinski definition) is 1. The number of ketones is 1. The lowest BCUT2D eigenvalue weighted by atomic mass is 9.89. The minimum atomic E-state index is 0.263. The summed E-state index contributed by atoms with van der Waals surface area (Å²) < 4.78 is 2.12. The number of nitrogens with one attached hydrogen (secondary N) is 1. The molecule has 0 unspecified atom stereocenters. The van der Waals surface area contributed by atoms with Crippen LogP contribution in [-0.4, -0.2) is 52.3 Å². The number of imidazole rings is 1. The SMILES string of the molecule is CC(C)N1CCN(c2ccc(Nc3ccc(-c4ccc5c(c4)CCCC5=O)n4ccnc34)cc2)CC1. The van der Waals surface area contributed by atoms with Crippen LogP contribution in [0.15, 0.2) is 67.0 Å². The summed E-state index contributed by atoms with van der Waals surface area (Å²) >= 11 is 0. The molecule has 0 saturated carbocycles. The molecule has 2 aliphatic rings. The van der Waals surface area contributed by atoms with Crippen molar-refractivity contribution in [1.29, 1.82) is 0 Å². The maximum Gasteiger partial charge on any atom is 0.163 e. The van der Waals surface area contributed by atoms with Crippen molar-refractivity contribution in [2.24, 2.45) is 0 Å². The molecule has 36 heavy (non-hydrogen) atoms. The summed E-state index contributed by atoms with van der Waals surface area (Å²) in [5.74, 6) is 0.263. The Morgan fingerprint density at radius 1 is 0.917 bits per heavy atom. The highest BCUT2D eigenvalue weighted by Gasteiger charge is 2.20. The van der Waals surface area contributed by atoms with Gasteiger partial charge in [0.1, 0.15) is 0 Å². The standard InChI is InChI=1S/C30H33N5O/c1-21(2)33-16-18-34(19-17-33)25-9-7-24(8-10-25)32-27-12-13-28(35-15-14-31-30(27)35)23-6-11-26-22(20-23)4-3-5-29(26)36/h6-15,20-21,32H,3-5,16-19H2,1-2H3. The number of rotatable bonds is 5. The van der Waals surface area contributed by atoms with Crippen molar-refractivity contribution >= 4 is 28.5 Å². The number of fused-ring (bicyclic) bond motifs is 2. The Morgan fingerprint density at radius 2 is 1.72 bits per heavy atom. The number of hydrogen-bond acceptors (Lipinski definition) is 5. The van der Waals surface area contributed by atoms with Gasteiger partial charge in [-0.1, -0.05) is 12.1 Å². The van der Waals surface area contributed by atoms with E-state index >= 15 is 0 Å². The number of aromatic nitrogens is 2. The van der Waals surface area contributed by atoms with Gasteiger partial charge in [-0.05, 0) is 80.3 Å². The lowest BCUT2D eigenvalue weighted by Crippen LogP contribution is -2.48. The zero-order chi connectivity index (χ0) is 24.6. The van der Waals surface area contributed by atoms with Gasteiger partial charge in [0.05, 0.1) is 11.4 Å². The molecular formula is C30H33N5O. The number of carbonyl (C=O) groups is 1. The van der Waals surface area contributed by atoms with Crippen LogP contribution in [-0.2, 0) is 6.42 Å². The van der Waals surface area contributed by atoms with Gasteiger partial charge in [0.25, 0.3) is 0 Å². The molecule has 0 atom stereocenters. The van der Waals surface area contributed by atoms with Gasteiger partial charge in [-0.15, -0.1) is 0 Å². The molecule has 3 heterocycles. The van der Waals surface area contributed by atoms with Crippen LogP contribution in [0.1, 0.15) is 42.6 Å². The second kappa shape index (κ2) is 9.43. The third-order valence-corrected chi connectivity index (χ3v) is 7.66. The van der Waals surface area contributed by atoms with Crippen molar-refractivity contribution in [2.75, 3.05) is 36.4 Å². The zero-order valence-corrected chi connectivity index (χ0v) is 21.1. The van der Waals surface area contributed by atoms with Crippen LogP contribution in [0.4, 0.5) is 17.1 Å². The van der Waals surface area contributed by atoms with E-state index in [0.717, 1.165) is 78.4 Å². The average molecular weight is 480 g/mol. The highest BCUT2D eigenvalue weighted by molar-refractivity contribution is 5.99. The van der Waals surface area contributed by atoms with Gasteiger partial charge in [0.15, 0.2) is 11.4 Å². The number of aryl methyl sites for hydroxylation is 1. The second-order valence-electron chi connectivity index (χ2n) is 10.2. The molecule has 0 radical (unpaired) electrons. The van der Waals surface area contributed by atoms with Gasteiger partial charge in [-0.3, -0.25) is 14.1 Å². The number of pyridine rings is 1. The minimum absolute atomic E-state index is 0.263. The quantitative estimate of drug-likeness (QED) is 0.392. The van der Waals surface area contributed by atoms with Crippen molar-refractivity contribution < 1.29 is 4.79 Å². The van der Waals surface area contributed by atoms with E-state index < -0.39 is 0 Å². The Morgan fingerprint density at radius 3 is 2.50 bits per heavy atom. The summed E-state index contributed by atoms with van der Waals surface area (Å²) in [6.07, 6.45) is 6.40. The van der Waals surface area contributed by atoms with Crippen molar-refractivity contribution in [3.8, 4) is 11.3 Å². The number of piperazine rings is 1. The second-order valence-corrected chi connectivity index (χ2v) is 10.2. The summed E-state index contributed by atoms with van der Waals surface area (Å²) in [7, 11) is 0. The van der Waals surface area contributed by atoms with E-state index in [1.807, 2.05) is 18.5 Å². The first-order valence-electron chi connectivity index (χ1n) is 13.1. The number of benzene rings is 2. The smallest absolute Gasteiger partial charge is 0.163 e. The lowest BCUT2D eigenvalue weighted by Gasteiger charge is -2.38. The Hall–Kier alpha value is -3.64. The minimum Gasteiger partial charge on any atom is -0.369 e. The molecule has 1 N–H and O–H groups in total. The zero-order valence-electron chi connectivity index (χ0n) is 21.1. The van der Waals surface area contributed by atoms with E-state index in [1.54, 1.807) is 0 Å². The van der Waals surface area contributed by atoms with E-state index in [0.29, 0.717) is 12.5 Å². The van der Waals surface area contributed by atoms with Crippen LogP contribution in [0.25, 0.3) is 16.9 Å². The normalized spacial score (nSPS) is 16.5. The summed E-state index contributed by atoms with van der Waals surface area (Å²) in [4.78, 5) is 21.9.